The zero-order valence-corrected chi connectivity index (χ0v) is 12.9. The molecule has 2 fully saturated rings. The van der Waals surface area contributed by atoms with E-state index in [2.05, 4.69) is 6.58 Å². The van der Waals surface area contributed by atoms with Crippen molar-refractivity contribution in [1.82, 2.24) is 9.80 Å². The monoisotopic (exact) mass is 294 g/mol. The van der Waals surface area contributed by atoms with E-state index in [1.165, 1.54) is 30.2 Å². The van der Waals surface area contributed by atoms with Crippen molar-refractivity contribution >= 4 is 11.8 Å². The highest BCUT2D eigenvalue weighted by Gasteiger charge is 2.32. The predicted molar refractivity (Wildman–Crippen MR) is 80.7 cm³/mol. The first-order valence-electron chi connectivity index (χ1n) is 7.94. The zero-order chi connectivity index (χ0) is 15.2. The molecule has 0 aromatic rings. The molecule has 1 aliphatic carbocycles. The molecule has 0 spiro atoms. The van der Waals surface area contributed by atoms with Crippen LogP contribution in [0.4, 0.5) is 0 Å². The number of amides is 2. The molecule has 1 saturated heterocycles. The lowest BCUT2D eigenvalue weighted by molar-refractivity contribution is -0.145. The minimum atomic E-state index is -0.186. The van der Waals surface area contributed by atoms with Gasteiger partial charge in [-0.15, -0.1) is 0 Å². The van der Waals surface area contributed by atoms with Crippen LogP contribution in [0.1, 0.15) is 32.6 Å². The number of hydrogen-bond donors (Lipinski definition) is 0. The highest BCUT2D eigenvalue weighted by molar-refractivity contribution is 5.91. The fourth-order valence-electron chi connectivity index (χ4n) is 3.02. The molecular weight excluding hydrogens is 268 g/mol. The lowest BCUT2D eigenvalue weighted by Gasteiger charge is -2.40. The summed E-state index contributed by atoms with van der Waals surface area (Å²) in [7, 11) is 0. The Bertz CT molecular complexity index is 393. The highest BCUT2D eigenvalue weighted by Crippen LogP contribution is 2.32. The third-order valence-electron chi connectivity index (χ3n) is 4.57. The summed E-state index contributed by atoms with van der Waals surface area (Å²) in [5.74, 6) is 0.582. The van der Waals surface area contributed by atoms with E-state index in [0.29, 0.717) is 26.3 Å². The third kappa shape index (κ3) is 4.06. The topological polar surface area (TPSA) is 49.9 Å². The van der Waals surface area contributed by atoms with E-state index in [9.17, 15) is 9.59 Å². The first-order chi connectivity index (χ1) is 10.2. The molecule has 0 radical (unpaired) electrons. The minimum Gasteiger partial charge on any atom is -0.377 e. The Morgan fingerprint density at radius 1 is 1.43 bits per heavy atom. The molecule has 2 rings (SSSR count). The second kappa shape index (κ2) is 7.59. The van der Waals surface area contributed by atoms with E-state index in [0.717, 1.165) is 12.3 Å². The van der Waals surface area contributed by atoms with Gasteiger partial charge in [0.25, 0.3) is 0 Å². The number of rotatable bonds is 6. The summed E-state index contributed by atoms with van der Waals surface area (Å²) in [6.45, 7) is 7.88. The number of nitrogens with zero attached hydrogens (tertiary/aromatic N) is 2. The van der Waals surface area contributed by atoms with Gasteiger partial charge in [-0.1, -0.05) is 25.8 Å². The Balaban J connectivity index is 1.93. The molecular formula is C16H26N2O3. The number of carbonyl (C=O) groups is 2. The van der Waals surface area contributed by atoms with Crippen molar-refractivity contribution < 1.29 is 14.3 Å². The molecule has 1 atom stereocenters. The quantitative estimate of drug-likeness (QED) is 0.697. The van der Waals surface area contributed by atoms with Crippen LogP contribution in [0.5, 0.6) is 0 Å². The van der Waals surface area contributed by atoms with Crippen LogP contribution in [0.15, 0.2) is 12.7 Å². The average Bonchev–Trinajstić information content (AvgIpc) is 2.47. The first-order valence-corrected chi connectivity index (χ1v) is 7.94. The van der Waals surface area contributed by atoms with Gasteiger partial charge < -0.3 is 14.5 Å². The van der Waals surface area contributed by atoms with Gasteiger partial charge in [0.2, 0.25) is 11.8 Å². The van der Waals surface area contributed by atoms with Gasteiger partial charge in [-0.3, -0.25) is 9.59 Å². The predicted octanol–water partition coefficient (Wildman–Crippen LogP) is 1.44. The first kappa shape index (κ1) is 16.0. The van der Waals surface area contributed by atoms with Gasteiger partial charge in [0.05, 0.1) is 19.3 Å². The van der Waals surface area contributed by atoms with E-state index < -0.39 is 0 Å². The summed E-state index contributed by atoms with van der Waals surface area (Å²) in [5.41, 5.74) is 0. The molecule has 0 aromatic heterocycles. The Kier molecular flexibility index (Phi) is 5.79. The van der Waals surface area contributed by atoms with Gasteiger partial charge in [-0.2, -0.15) is 0 Å². The molecule has 0 aromatic carbocycles. The number of ether oxygens (including phenoxy) is 1. The lowest BCUT2D eigenvalue weighted by atomic mass is 9.80. The van der Waals surface area contributed by atoms with Crippen LogP contribution in [0, 0.1) is 5.92 Å². The smallest absolute Gasteiger partial charge is 0.246 e. The summed E-state index contributed by atoms with van der Waals surface area (Å²) >= 11 is 0. The second-order valence-electron chi connectivity index (χ2n) is 5.91. The Morgan fingerprint density at radius 3 is 2.76 bits per heavy atom. The SMILES string of the molecule is C=CC(=O)N(CC)CC(=O)N1CCOCC1CC1CCC1. The van der Waals surface area contributed by atoms with Crippen LogP contribution >= 0.6 is 0 Å². The molecule has 2 amide bonds. The maximum atomic E-state index is 12.5. The van der Waals surface area contributed by atoms with Crippen molar-refractivity contribution in [2.24, 2.45) is 5.92 Å². The number of hydrogen-bond acceptors (Lipinski definition) is 3. The van der Waals surface area contributed by atoms with Gasteiger partial charge in [-0.05, 0) is 25.3 Å². The van der Waals surface area contributed by atoms with E-state index in [-0.39, 0.29) is 24.4 Å². The van der Waals surface area contributed by atoms with Crippen LogP contribution < -0.4 is 0 Å². The maximum absolute atomic E-state index is 12.5. The number of morpholine rings is 1. The van der Waals surface area contributed by atoms with Crippen molar-refractivity contribution in [2.45, 2.75) is 38.6 Å². The van der Waals surface area contributed by atoms with Gasteiger partial charge in [0.1, 0.15) is 6.54 Å². The van der Waals surface area contributed by atoms with Crippen molar-refractivity contribution in [1.29, 1.82) is 0 Å². The average molecular weight is 294 g/mol. The molecule has 5 nitrogen and oxygen atoms in total. The molecule has 5 heteroatoms. The normalized spacial score (nSPS) is 22.5. The zero-order valence-electron chi connectivity index (χ0n) is 12.9. The largest absolute Gasteiger partial charge is 0.377 e. The fourth-order valence-corrected chi connectivity index (χ4v) is 3.02. The van der Waals surface area contributed by atoms with Crippen LogP contribution in [0.25, 0.3) is 0 Å². The molecule has 0 N–H and O–H groups in total. The Hall–Kier alpha value is -1.36. The number of likely N-dealkylation sites (N-methyl/N-ethyl adjacent to an activating group) is 1. The Morgan fingerprint density at radius 2 is 2.19 bits per heavy atom. The van der Waals surface area contributed by atoms with Crippen molar-refractivity contribution in [2.75, 3.05) is 32.8 Å². The van der Waals surface area contributed by atoms with E-state index in [1.807, 2.05) is 11.8 Å². The van der Waals surface area contributed by atoms with E-state index in [4.69, 9.17) is 4.74 Å². The summed E-state index contributed by atoms with van der Waals surface area (Å²) in [4.78, 5) is 27.7. The third-order valence-corrected chi connectivity index (χ3v) is 4.57. The van der Waals surface area contributed by atoms with Crippen LogP contribution in [0.2, 0.25) is 0 Å². The van der Waals surface area contributed by atoms with Crippen molar-refractivity contribution in [3.63, 3.8) is 0 Å². The van der Waals surface area contributed by atoms with Crippen molar-refractivity contribution in [3.8, 4) is 0 Å². The van der Waals surface area contributed by atoms with E-state index in [1.54, 1.807) is 0 Å². The van der Waals surface area contributed by atoms with Crippen LogP contribution in [-0.2, 0) is 14.3 Å². The lowest BCUT2D eigenvalue weighted by Crippen LogP contribution is -2.53. The molecule has 1 heterocycles. The van der Waals surface area contributed by atoms with Crippen LogP contribution in [0.3, 0.4) is 0 Å². The fraction of sp³-hybridized carbons (Fsp3) is 0.750. The molecule has 0 bridgehead atoms. The summed E-state index contributed by atoms with van der Waals surface area (Å²) in [6, 6.07) is 0.175. The van der Waals surface area contributed by atoms with Gasteiger partial charge in [0, 0.05) is 13.1 Å². The van der Waals surface area contributed by atoms with Gasteiger partial charge in [0.15, 0.2) is 0 Å². The summed E-state index contributed by atoms with van der Waals surface area (Å²) in [5, 5.41) is 0. The summed E-state index contributed by atoms with van der Waals surface area (Å²) < 4.78 is 5.54. The molecule has 2 aliphatic rings. The number of carbonyl (C=O) groups excluding carboxylic acids is 2. The highest BCUT2D eigenvalue weighted by atomic mass is 16.5. The Labute approximate surface area is 126 Å². The van der Waals surface area contributed by atoms with E-state index >= 15 is 0 Å². The second-order valence-corrected chi connectivity index (χ2v) is 5.91. The maximum Gasteiger partial charge on any atom is 0.246 e. The van der Waals surface area contributed by atoms with Gasteiger partial charge in [-0.25, -0.2) is 0 Å². The molecule has 118 valence electrons. The van der Waals surface area contributed by atoms with Crippen molar-refractivity contribution in [3.05, 3.63) is 12.7 Å². The molecule has 1 aliphatic heterocycles. The van der Waals surface area contributed by atoms with Crippen LogP contribution in [-0.4, -0.2) is 60.5 Å². The minimum absolute atomic E-state index is 0.0275. The molecule has 21 heavy (non-hydrogen) atoms. The standard InChI is InChI=1S/C16H26N2O3/c1-3-15(19)17(4-2)11-16(20)18-8-9-21-12-14(18)10-13-6-5-7-13/h3,13-14H,1,4-12H2,2H3. The molecule has 1 unspecified atom stereocenters. The summed E-state index contributed by atoms with van der Waals surface area (Å²) in [6.07, 6.45) is 6.15. The molecule has 1 saturated carbocycles. The van der Waals surface area contributed by atoms with Gasteiger partial charge >= 0.3 is 0 Å².